The van der Waals surface area contributed by atoms with Crippen molar-refractivity contribution in [1.29, 1.82) is 0 Å². The van der Waals surface area contributed by atoms with Crippen molar-refractivity contribution in [3.05, 3.63) is 6.20 Å². The molecule has 1 rings (SSSR count). The van der Waals surface area contributed by atoms with Crippen LogP contribution in [0.1, 0.15) is 20.3 Å². The predicted molar refractivity (Wildman–Crippen MR) is 63.2 cm³/mol. The van der Waals surface area contributed by atoms with Crippen LogP contribution >= 0.6 is 0 Å². The van der Waals surface area contributed by atoms with Crippen LogP contribution in [0.5, 0.6) is 11.9 Å². The molecule has 6 nitrogen and oxygen atoms in total. The lowest BCUT2D eigenvalue weighted by Crippen LogP contribution is -2.15. The van der Waals surface area contributed by atoms with Crippen LogP contribution in [0.2, 0.25) is 0 Å². The lowest BCUT2D eigenvalue weighted by atomic mass is 10.1. The molecule has 94 valence electrons. The molecule has 1 heterocycles. The van der Waals surface area contributed by atoms with E-state index < -0.39 is 0 Å². The van der Waals surface area contributed by atoms with Crippen LogP contribution in [0, 0.1) is 5.92 Å². The second-order valence-corrected chi connectivity index (χ2v) is 3.93. The molecular weight excluding hydrogens is 222 g/mol. The highest BCUT2D eigenvalue weighted by Gasteiger charge is 2.12. The lowest BCUT2D eigenvalue weighted by molar-refractivity contribution is -0.116. The van der Waals surface area contributed by atoms with Gasteiger partial charge >= 0.3 is 6.01 Å². The van der Waals surface area contributed by atoms with E-state index in [9.17, 15) is 4.79 Å². The minimum Gasteiger partial charge on any atom is -0.479 e. The summed E-state index contributed by atoms with van der Waals surface area (Å²) in [6.45, 7) is 3.95. The Kier molecular flexibility index (Phi) is 4.68. The van der Waals surface area contributed by atoms with Crippen molar-refractivity contribution in [2.45, 2.75) is 20.3 Å². The van der Waals surface area contributed by atoms with E-state index in [1.807, 2.05) is 13.8 Å². The van der Waals surface area contributed by atoms with Crippen LogP contribution in [0.3, 0.4) is 0 Å². The maximum atomic E-state index is 11.6. The SMILES string of the molecule is COc1ncc(NC(=O)CC(C)C)c(OC)n1. The number of nitrogens with one attached hydrogen (secondary N) is 1. The monoisotopic (exact) mass is 239 g/mol. The van der Waals surface area contributed by atoms with Crippen LogP contribution < -0.4 is 14.8 Å². The van der Waals surface area contributed by atoms with E-state index in [-0.39, 0.29) is 17.8 Å². The van der Waals surface area contributed by atoms with Crippen molar-refractivity contribution in [1.82, 2.24) is 9.97 Å². The summed E-state index contributed by atoms with van der Waals surface area (Å²) < 4.78 is 9.91. The van der Waals surface area contributed by atoms with Gasteiger partial charge < -0.3 is 14.8 Å². The Morgan fingerprint density at radius 3 is 2.65 bits per heavy atom. The van der Waals surface area contributed by atoms with Crippen molar-refractivity contribution in [2.24, 2.45) is 5.92 Å². The molecule has 0 unspecified atom stereocenters. The van der Waals surface area contributed by atoms with E-state index in [2.05, 4.69) is 15.3 Å². The Morgan fingerprint density at radius 2 is 2.12 bits per heavy atom. The van der Waals surface area contributed by atoms with Gasteiger partial charge in [-0.3, -0.25) is 4.79 Å². The Morgan fingerprint density at radius 1 is 1.41 bits per heavy atom. The van der Waals surface area contributed by atoms with Gasteiger partial charge in [-0.2, -0.15) is 4.98 Å². The minimum atomic E-state index is -0.0907. The van der Waals surface area contributed by atoms with Gasteiger partial charge in [-0.25, -0.2) is 4.98 Å². The first-order valence-electron chi connectivity index (χ1n) is 5.31. The normalized spacial score (nSPS) is 10.2. The van der Waals surface area contributed by atoms with E-state index in [4.69, 9.17) is 9.47 Å². The number of hydrogen-bond acceptors (Lipinski definition) is 5. The Hall–Kier alpha value is -1.85. The molecule has 0 aliphatic carbocycles. The zero-order chi connectivity index (χ0) is 12.8. The fourth-order valence-electron chi connectivity index (χ4n) is 1.26. The first-order valence-corrected chi connectivity index (χ1v) is 5.31. The number of amides is 1. The van der Waals surface area contributed by atoms with Gasteiger partial charge in [-0.15, -0.1) is 0 Å². The van der Waals surface area contributed by atoms with Gasteiger partial charge in [-0.05, 0) is 5.92 Å². The van der Waals surface area contributed by atoms with Crippen molar-refractivity contribution < 1.29 is 14.3 Å². The Labute approximate surface area is 100 Å². The zero-order valence-electron chi connectivity index (χ0n) is 10.5. The van der Waals surface area contributed by atoms with Gasteiger partial charge in [0.1, 0.15) is 5.69 Å². The van der Waals surface area contributed by atoms with Gasteiger partial charge in [0, 0.05) is 6.42 Å². The van der Waals surface area contributed by atoms with Crippen LogP contribution in [0.4, 0.5) is 5.69 Å². The summed E-state index contributed by atoms with van der Waals surface area (Å²) in [7, 11) is 2.94. The van der Waals surface area contributed by atoms with Crippen molar-refractivity contribution in [3.8, 4) is 11.9 Å². The van der Waals surface area contributed by atoms with Gasteiger partial charge in [0.2, 0.25) is 11.8 Å². The molecule has 1 N–H and O–H groups in total. The number of nitrogens with zero attached hydrogens (tertiary/aromatic N) is 2. The Bertz CT molecular complexity index is 394. The third kappa shape index (κ3) is 3.90. The van der Waals surface area contributed by atoms with Crippen molar-refractivity contribution in [2.75, 3.05) is 19.5 Å². The standard InChI is InChI=1S/C11H17N3O3/c1-7(2)5-9(15)13-8-6-12-11(17-4)14-10(8)16-3/h6-7H,5H2,1-4H3,(H,13,15). The molecule has 0 bridgehead atoms. The van der Waals surface area contributed by atoms with Gasteiger partial charge in [-0.1, -0.05) is 13.8 Å². The maximum absolute atomic E-state index is 11.6. The number of carbonyl (C=O) groups is 1. The summed E-state index contributed by atoms with van der Waals surface area (Å²) in [5.74, 6) is 0.487. The summed E-state index contributed by atoms with van der Waals surface area (Å²) in [6, 6.07) is 0.198. The molecule has 0 aliphatic rings. The van der Waals surface area contributed by atoms with E-state index in [1.165, 1.54) is 20.4 Å². The summed E-state index contributed by atoms with van der Waals surface area (Å²) >= 11 is 0. The van der Waals surface area contributed by atoms with Gasteiger partial charge in [0.25, 0.3) is 0 Å². The van der Waals surface area contributed by atoms with Crippen LogP contribution in [0.15, 0.2) is 6.20 Å². The molecule has 1 aromatic heterocycles. The van der Waals surface area contributed by atoms with E-state index >= 15 is 0 Å². The third-order valence-corrected chi connectivity index (χ3v) is 1.98. The summed E-state index contributed by atoms with van der Waals surface area (Å²) in [5, 5.41) is 2.70. The van der Waals surface area contributed by atoms with Crippen LogP contribution in [-0.4, -0.2) is 30.1 Å². The topological polar surface area (TPSA) is 73.3 Å². The molecular formula is C11H17N3O3. The number of carbonyl (C=O) groups excluding carboxylic acids is 1. The quantitative estimate of drug-likeness (QED) is 0.842. The van der Waals surface area contributed by atoms with E-state index in [1.54, 1.807) is 0 Å². The van der Waals surface area contributed by atoms with Crippen molar-refractivity contribution >= 4 is 11.6 Å². The number of aromatic nitrogens is 2. The predicted octanol–water partition coefficient (Wildman–Crippen LogP) is 1.48. The number of anilines is 1. The largest absolute Gasteiger partial charge is 0.479 e. The second kappa shape index (κ2) is 6.03. The molecule has 0 saturated carbocycles. The number of rotatable bonds is 5. The number of hydrogen-bond donors (Lipinski definition) is 1. The molecule has 6 heteroatoms. The molecule has 0 aromatic carbocycles. The average Bonchev–Trinajstić information content (AvgIpc) is 2.28. The van der Waals surface area contributed by atoms with E-state index in [0.29, 0.717) is 18.0 Å². The first kappa shape index (κ1) is 13.2. The lowest BCUT2D eigenvalue weighted by Gasteiger charge is -2.10. The fraction of sp³-hybridized carbons (Fsp3) is 0.545. The molecule has 0 fully saturated rings. The second-order valence-electron chi connectivity index (χ2n) is 3.93. The van der Waals surface area contributed by atoms with Crippen LogP contribution in [0.25, 0.3) is 0 Å². The molecule has 1 amide bonds. The van der Waals surface area contributed by atoms with Crippen molar-refractivity contribution in [3.63, 3.8) is 0 Å². The summed E-state index contributed by atoms with van der Waals surface area (Å²) in [5.41, 5.74) is 0.443. The van der Waals surface area contributed by atoms with E-state index in [0.717, 1.165) is 0 Å². The highest BCUT2D eigenvalue weighted by Crippen LogP contribution is 2.22. The number of methoxy groups -OCH3 is 2. The van der Waals surface area contributed by atoms with Gasteiger partial charge in [0.05, 0.1) is 20.4 Å². The average molecular weight is 239 g/mol. The third-order valence-electron chi connectivity index (χ3n) is 1.98. The molecule has 0 spiro atoms. The maximum Gasteiger partial charge on any atom is 0.319 e. The molecule has 1 aromatic rings. The molecule has 0 radical (unpaired) electrons. The highest BCUT2D eigenvalue weighted by molar-refractivity contribution is 5.91. The number of ether oxygens (including phenoxy) is 2. The molecule has 0 aliphatic heterocycles. The summed E-state index contributed by atoms with van der Waals surface area (Å²) in [4.78, 5) is 19.5. The Balaban J connectivity index is 2.80. The smallest absolute Gasteiger partial charge is 0.319 e. The zero-order valence-corrected chi connectivity index (χ0v) is 10.5. The molecule has 0 atom stereocenters. The van der Waals surface area contributed by atoms with Crippen LogP contribution in [-0.2, 0) is 4.79 Å². The fourth-order valence-corrected chi connectivity index (χ4v) is 1.26. The highest BCUT2D eigenvalue weighted by atomic mass is 16.5. The van der Waals surface area contributed by atoms with Gasteiger partial charge in [0.15, 0.2) is 0 Å². The summed E-state index contributed by atoms with van der Waals surface area (Å²) in [6.07, 6.45) is 1.90. The molecule has 17 heavy (non-hydrogen) atoms. The minimum absolute atomic E-state index is 0.0907. The molecule has 0 saturated heterocycles. The first-order chi connectivity index (χ1) is 8.06.